The van der Waals surface area contributed by atoms with Gasteiger partial charge in [0.15, 0.2) is 0 Å². The summed E-state index contributed by atoms with van der Waals surface area (Å²) in [6.07, 6.45) is 0.500. The molecule has 3 rings (SSSR count). The largest absolute Gasteiger partial charge is 0.497 e. The molecule has 0 N–H and O–H groups in total. The lowest BCUT2D eigenvalue weighted by Crippen LogP contribution is -2.42. The second-order valence-corrected chi connectivity index (χ2v) is 10.3. The average molecular weight is 481 g/mol. The number of nitrogens with zero attached hydrogens (tertiary/aromatic N) is 2. The van der Waals surface area contributed by atoms with Gasteiger partial charge in [-0.1, -0.05) is 54.1 Å². The maximum Gasteiger partial charge on any atom is 0.244 e. The topological polar surface area (TPSA) is 66.9 Å². The smallest absolute Gasteiger partial charge is 0.244 e. The van der Waals surface area contributed by atoms with Crippen molar-refractivity contribution in [1.82, 2.24) is 4.31 Å². The minimum atomic E-state index is -3.91. The van der Waals surface area contributed by atoms with Crippen molar-refractivity contribution in [3.63, 3.8) is 0 Å². The van der Waals surface area contributed by atoms with E-state index in [2.05, 4.69) is 0 Å². The Labute approximate surface area is 202 Å². The van der Waals surface area contributed by atoms with E-state index in [4.69, 9.17) is 4.74 Å². The predicted molar refractivity (Wildman–Crippen MR) is 136 cm³/mol. The second-order valence-electron chi connectivity index (χ2n) is 8.46. The van der Waals surface area contributed by atoms with Gasteiger partial charge in [0.1, 0.15) is 5.75 Å². The number of anilines is 1. The first-order valence-electron chi connectivity index (χ1n) is 11.2. The minimum absolute atomic E-state index is 0.191. The van der Waals surface area contributed by atoms with Crippen molar-refractivity contribution in [2.75, 3.05) is 32.1 Å². The number of aryl methyl sites for hydroxylation is 3. The summed E-state index contributed by atoms with van der Waals surface area (Å²) in [7, 11) is -0.711. The van der Waals surface area contributed by atoms with Crippen LogP contribution in [0.2, 0.25) is 0 Å². The molecule has 3 aromatic rings. The summed E-state index contributed by atoms with van der Waals surface area (Å²) < 4.78 is 34.2. The Hall–Kier alpha value is -3.16. The van der Waals surface area contributed by atoms with E-state index < -0.39 is 10.0 Å². The van der Waals surface area contributed by atoms with E-state index in [1.807, 2.05) is 49.4 Å². The van der Waals surface area contributed by atoms with Gasteiger partial charge >= 0.3 is 0 Å². The number of carbonyl (C=O) groups is 1. The Kier molecular flexibility index (Phi) is 8.12. The number of benzene rings is 3. The van der Waals surface area contributed by atoms with Crippen LogP contribution in [0, 0.1) is 20.8 Å². The number of hydrogen-bond acceptors (Lipinski definition) is 4. The molecule has 0 radical (unpaired) electrons. The van der Waals surface area contributed by atoms with E-state index in [-0.39, 0.29) is 23.9 Å². The van der Waals surface area contributed by atoms with Gasteiger partial charge in [0, 0.05) is 25.3 Å². The summed E-state index contributed by atoms with van der Waals surface area (Å²) >= 11 is 0. The zero-order chi connectivity index (χ0) is 24.9. The van der Waals surface area contributed by atoms with Crippen LogP contribution in [0.15, 0.2) is 71.6 Å². The fourth-order valence-corrected chi connectivity index (χ4v) is 5.91. The first-order chi connectivity index (χ1) is 16.1. The molecule has 3 aromatic carbocycles. The quantitative estimate of drug-likeness (QED) is 0.452. The molecule has 0 aliphatic carbocycles. The van der Waals surface area contributed by atoms with E-state index >= 15 is 0 Å². The summed E-state index contributed by atoms with van der Waals surface area (Å²) in [5, 5.41) is 0. The third-order valence-corrected chi connectivity index (χ3v) is 7.97. The van der Waals surface area contributed by atoms with Gasteiger partial charge in [-0.15, -0.1) is 0 Å². The second kappa shape index (κ2) is 10.8. The van der Waals surface area contributed by atoms with Gasteiger partial charge in [-0.05, 0) is 56.0 Å². The fraction of sp³-hybridized carbons (Fsp3) is 0.296. The summed E-state index contributed by atoms with van der Waals surface area (Å²) in [6.45, 7) is 5.46. The Morgan fingerprint density at radius 3 is 2.18 bits per heavy atom. The standard InChI is InChI=1S/C27H32N2O4S/c1-20-16-21(2)27(22(3)17-20)34(31,32)29(15-14-23-10-7-6-8-11-23)19-26(30)28(4)24-12-9-13-25(18-24)33-5/h6-13,16-18H,14-15,19H2,1-5H3. The molecule has 0 saturated carbocycles. The van der Waals surface area contributed by atoms with Crippen LogP contribution in [0.25, 0.3) is 0 Å². The highest BCUT2D eigenvalue weighted by Crippen LogP contribution is 2.26. The van der Waals surface area contributed by atoms with Crippen LogP contribution in [0.5, 0.6) is 5.75 Å². The number of ether oxygens (including phenoxy) is 1. The molecule has 0 saturated heterocycles. The van der Waals surface area contributed by atoms with Crippen molar-refractivity contribution in [3.05, 3.63) is 89.0 Å². The zero-order valence-electron chi connectivity index (χ0n) is 20.4. The fourth-order valence-electron chi connectivity index (χ4n) is 4.11. The van der Waals surface area contributed by atoms with Crippen LogP contribution in [0.4, 0.5) is 5.69 Å². The van der Waals surface area contributed by atoms with Gasteiger partial charge in [0.2, 0.25) is 15.9 Å². The molecule has 1 amide bonds. The van der Waals surface area contributed by atoms with Gasteiger partial charge in [-0.3, -0.25) is 4.79 Å². The number of carbonyl (C=O) groups excluding carboxylic acids is 1. The monoisotopic (exact) mass is 480 g/mol. The van der Waals surface area contributed by atoms with Gasteiger partial charge < -0.3 is 9.64 Å². The lowest BCUT2D eigenvalue weighted by atomic mass is 10.1. The maximum absolute atomic E-state index is 13.8. The van der Waals surface area contributed by atoms with Crippen molar-refractivity contribution in [2.24, 2.45) is 0 Å². The third-order valence-electron chi connectivity index (χ3n) is 5.82. The highest BCUT2D eigenvalue weighted by atomic mass is 32.2. The van der Waals surface area contributed by atoms with E-state index in [0.29, 0.717) is 29.0 Å². The van der Waals surface area contributed by atoms with Crippen molar-refractivity contribution < 1.29 is 17.9 Å². The lowest BCUT2D eigenvalue weighted by Gasteiger charge is -2.26. The van der Waals surface area contributed by atoms with E-state index in [0.717, 1.165) is 11.1 Å². The summed E-state index contributed by atoms with van der Waals surface area (Å²) in [4.78, 5) is 15.0. The van der Waals surface area contributed by atoms with E-state index in [1.165, 1.54) is 9.21 Å². The number of rotatable bonds is 9. The van der Waals surface area contributed by atoms with Gasteiger partial charge in [-0.25, -0.2) is 8.42 Å². The molecule has 180 valence electrons. The number of likely N-dealkylation sites (N-methyl/N-ethyl adjacent to an activating group) is 1. The highest BCUT2D eigenvalue weighted by molar-refractivity contribution is 7.89. The van der Waals surface area contributed by atoms with Crippen LogP contribution in [0.3, 0.4) is 0 Å². The molecule has 0 fully saturated rings. The molecular weight excluding hydrogens is 448 g/mol. The average Bonchev–Trinajstić information content (AvgIpc) is 2.80. The third kappa shape index (κ3) is 5.85. The van der Waals surface area contributed by atoms with Crippen LogP contribution in [-0.4, -0.2) is 45.9 Å². The Morgan fingerprint density at radius 1 is 0.912 bits per heavy atom. The molecule has 0 bridgehead atoms. The summed E-state index contributed by atoms with van der Waals surface area (Å²) in [6, 6.07) is 20.5. The molecular formula is C27H32N2O4S. The van der Waals surface area contributed by atoms with E-state index in [9.17, 15) is 13.2 Å². The Balaban J connectivity index is 1.94. The number of amides is 1. The molecule has 0 heterocycles. The SMILES string of the molecule is COc1cccc(N(C)C(=O)CN(CCc2ccccc2)S(=O)(=O)c2c(C)cc(C)cc2C)c1. The first kappa shape index (κ1) is 25.5. The molecule has 34 heavy (non-hydrogen) atoms. The van der Waals surface area contributed by atoms with Crippen molar-refractivity contribution >= 4 is 21.6 Å². The predicted octanol–water partition coefficient (Wildman–Crippen LogP) is 4.52. The lowest BCUT2D eigenvalue weighted by molar-refractivity contribution is -0.118. The van der Waals surface area contributed by atoms with Crippen LogP contribution in [0.1, 0.15) is 22.3 Å². The molecule has 0 aromatic heterocycles. The zero-order valence-corrected chi connectivity index (χ0v) is 21.2. The van der Waals surface area contributed by atoms with Crippen LogP contribution >= 0.6 is 0 Å². The van der Waals surface area contributed by atoms with Crippen molar-refractivity contribution in [1.29, 1.82) is 0 Å². The van der Waals surface area contributed by atoms with Crippen molar-refractivity contribution in [3.8, 4) is 5.75 Å². The molecule has 0 aliphatic rings. The van der Waals surface area contributed by atoms with Gasteiger partial charge in [0.05, 0.1) is 18.6 Å². The van der Waals surface area contributed by atoms with Gasteiger partial charge in [-0.2, -0.15) is 4.31 Å². The number of hydrogen-bond donors (Lipinski definition) is 0. The summed E-state index contributed by atoms with van der Waals surface area (Å²) in [5.74, 6) is 0.295. The van der Waals surface area contributed by atoms with E-state index in [1.54, 1.807) is 52.3 Å². The van der Waals surface area contributed by atoms with Crippen molar-refractivity contribution in [2.45, 2.75) is 32.1 Å². The molecule has 0 unspecified atom stereocenters. The van der Waals surface area contributed by atoms with Gasteiger partial charge in [0.25, 0.3) is 0 Å². The summed E-state index contributed by atoms with van der Waals surface area (Å²) in [5.41, 5.74) is 3.99. The normalized spacial score (nSPS) is 11.5. The Morgan fingerprint density at radius 2 is 1.56 bits per heavy atom. The van der Waals surface area contributed by atoms with Crippen LogP contribution in [-0.2, 0) is 21.2 Å². The highest BCUT2D eigenvalue weighted by Gasteiger charge is 2.30. The molecule has 0 atom stereocenters. The number of sulfonamides is 1. The molecule has 0 aliphatic heterocycles. The van der Waals surface area contributed by atoms with Crippen LogP contribution < -0.4 is 9.64 Å². The number of methoxy groups -OCH3 is 1. The first-order valence-corrected chi connectivity index (χ1v) is 12.6. The Bertz CT molecular complexity index is 1230. The molecule has 7 heteroatoms. The minimum Gasteiger partial charge on any atom is -0.497 e. The molecule has 6 nitrogen and oxygen atoms in total. The maximum atomic E-state index is 13.8. The molecule has 0 spiro atoms.